The monoisotopic (exact) mass is 204 g/mol. The summed E-state index contributed by atoms with van der Waals surface area (Å²) in [4.78, 5) is 0. The molecule has 0 aromatic rings. The minimum Gasteiger partial charge on any atom is -0.429 e. The molecule has 13 heavy (non-hydrogen) atoms. The zero-order valence-corrected chi connectivity index (χ0v) is 9.33. The molecule has 0 heterocycles. The van der Waals surface area contributed by atoms with Crippen molar-refractivity contribution in [2.75, 3.05) is 19.8 Å². The van der Waals surface area contributed by atoms with Gasteiger partial charge in [0, 0.05) is 19.8 Å². The van der Waals surface area contributed by atoms with Crippen molar-refractivity contribution in [3.05, 3.63) is 0 Å². The zero-order chi connectivity index (χ0) is 10.2. The van der Waals surface area contributed by atoms with E-state index in [1.54, 1.807) is 0 Å². The Morgan fingerprint density at radius 3 is 1.62 bits per heavy atom. The second-order valence-corrected chi connectivity index (χ2v) is 4.09. The number of rotatable bonds is 7. The first-order valence-electron chi connectivity index (χ1n) is 4.30. The average molecular weight is 204 g/mol. The smallest absolute Gasteiger partial charge is 0.429 e. The van der Waals surface area contributed by atoms with Crippen molar-refractivity contribution in [3.8, 4) is 12.5 Å². The van der Waals surface area contributed by atoms with Crippen molar-refractivity contribution in [3.63, 3.8) is 0 Å². The van der Waals surface area contributed by atoms with E-state index in [1.165, 1.54) is 0 Å². The summed E-state index contributed by atoms with van der Waals surface area (Å²) in [7, 11) is -3.03. The Balaban J connectivity index is 4.29. The molecular formula is C8H16O4Si. The maximum atomic E-state index is 5.28. The Labute approximate surface area is 80.6 Å². The van der Waals surface area contributed by atoms with E-state index >= 15 is 0 Å². The van der Waals surface area contributed by atoms with E-state index in [0.29, 0.717) is 19.8 Å². The van der Waals surface area contributed by atoms with Gasteiger partial charge in [0.15, 0.2) is 0 Å². The molecule has 0 aromatic carbocycles. The quantitative estimate of drug-likeness (QED) is 0.460. The Bertz CT molecular complexity index is 149. The molecular weight excluding hydrogens is 188 g/mol. The van der Waals surface area contributed by atoms with Gasteiger partial charge in [-0.15, -0.1) is 0 Å². The molecule has 0 N–H and O–H groups in total. The summed E-state index contributed by atoms with van der Waals surface area (Å²) in [5, 5.41) is 0. The lowest BCUT2D eigenvalue weighted by atomic mass is 10.9. The van der Waals surface area contributed by atoms with Gasteiger partial charge in [-0.1, -0.05) is 6.42 Å². The molecule has 0 amide bonds. The number of hydrogen-bond acceptors (Lipinski definition) is 4. The molecule has 0 fully saturated rings. The van der Waals surface area contributed by atoms with Crippen LogP contribution >= 0.6 is 0 Å². The van der Waals surface area contributed by atoms with Gasteiger partial charge in [-0.25, -0.2) is 0 Å². The number of hydrogen-bond donors (Lipinski definition) is 0. The van der Waals surface area contributed by atoms with Crippen molar-refractivity contribution >= 4 is 9.05 Å². The van der Waals surface area contributed by atoms with Crippen LogP contribution in [0, 0.1) is 12.5 Å². The molecule has 0 rings (SSSR count). The fourth-order valence-corrected chi connectivity index (χ4v) is 2.45. The van der Waals surface area contributed by atoms with Crippen molar-refractivity contribution in [2.24, 2.45) is 0 Å². The molecule has 0 radical (unpaired) electrons. The predicted molar refractivity (Wildman–Crippen MR) is 50.6 cm³/mol. The van der Waals surface area contributed by atoms with E-state index in [9.17, 15) is 0 Å². The van der Waals surface area contributed by atoms with Crippen LogP contribution in [0.5, 0.6) is 0 Å². The summed E-state index contributed by atoms with van der Waals surface area (Å²) >= 11 is 0. The summed E-state index contributed by atoms with van der Waals surface area (Å²) in [6.07, 6.45) is 7.08. The summed E-state index contributed by atoms with van der Waals surface area (Å²) in [5.41, 5.74) is 0. The van der Waals surface area contributed by atoms with Gasteiger partial charge in [0.2, 0.25) is 0 Å². The fourth-order valence-electron chi connectivity index (χ4n) is 0.816. The van der Waals surface area contributed by atoms with Gasteiger partial charge in [0.05, 0.1) is 6.11 Å². The molecule has 0 aliphatic heterocycles. The molecule has 76 valence electrons. The van der Waals surface area contributed by atoms with E-state index < -0.39 is 9.05 Å². The standard InChI is InChI=1S/C8H16O4Si/c1-5-9-13(10-6-2,11-7-3)12-8-4/h1H,6-8H2,2-4H3. The second-order valence-electron chi connectivity index (χ2n) is 2.02. The molecule has 0 aliphatic rings. The van der Waals surface area contributed by atoms with Crippen molar-refractivity contribution in [1.82, 2.24) is 0 Å². The third-order valence-electron chi connectivity index (χ3n) is 1.15. The molecule has 0 saturated carbocycles. The fraction of sp³-hybridized carbons (Fsp3) is 0.750. The first-order chi connectivity index (χ1) is 6.24. The Hall–Kier alpha value is -0.543. The highest BCUT2D eigenvalue weighted by molar-refractivity contribution is 6.53. The van der Waals surface area contributed by atoms with E-state index in [0.717, 1.165) is 0 Å². The highest BCUT2D eigenvalue weighted by Gasteiger charge is 2.47. The maximum absolute atomic E-state index is 5.28. The molecule has 5 heteroatoms. The average Bonchev–Trinajstić information content (AvgIpc) is 2.06. The Morgan fingerprint density at radius 2 is 1.38 bits per heavy atom. The summed E-state index contributed by atoms with van der Waals surface area (Å²) < 4.78 is 20.8. The lowest BCUT2D eigenvalue weighted by Gasteiger charge is -2.23. The van der Waals surface area contributed by atoms with Gasteiger partial charge in [-0.3, -0.25) is 0 Å². The first kappa shape index (κ1) is 12.5. The SMILES string of the molecule is C#CO[Si](OCC)(OCC)OCC. The molecule has 0 aliphatic carbocycles. The van der Waals surface area contributed by atoms with Crippen molar-refractivity contribution in [2.45, 2.75) is 20.8 Å². The summed E-state index contributed by atoms with van der Waals surface area (Å²) in [5.74, 6) is 0. The highest BCUT2D eigenvalue weighted by atomic mass is 28.4. The van der Waals surface area contributed by atoms with E-state index in [4.69, 9.17) is 24.1 Å². The van der Waals surface area contributed by atoms with Gasteiger partial charge in [-0.05, 0) is 20.8 Å². The minimum absolute atomic E-state index is 0.452. The van der Waals surface area contributed by atoms with Gasteiger partial charge < -0.3 is 17.7 Å². The second kappa shape index (κ2) is 6.92. The van der Waals surface area contributed by atoms with Gasteiger partial charge >= 0.3 is 9.05 Å². The van der Waals surface area contributed by atoms with Crippen LogP contribution in [0.2, 0.25) is 0 Å². The van der Waals surface area contributed by atoms with Gasteiger partial charge in [-0.2, -0.15) is 0 Å². The zero-order valence-electron chi connectivity index (χ0n) is 8.33. The van der Waals surface area contributed by atoms with E-state index in [-0.39, 0.29) is 0 Å². The minimum atomic E-state index is -3.03. The van der Waals surface area contributed by atoms with Crippen LogP contribution < -0.4 is 0 Å². The van der Waals surface area contributed by atoms with E-state index in [2.05, 4.69) is 0 Å². The van der Waals surface area contributed by atoms with Crippen LogP contribution in [0.4, 0.5) is 0 Å². The highest BCUT2D eigenvalue weighted by Crippen LogP contribution is 2.10. The molecule has 0 spiro atoms. The van der Waals surface area contributed by atoms with Gasteiger partial charge in [0.1, 0.15) is 0 Å². The van der Waals surface area contributed by atoms with Crippen LogP contribution in [-0.2, 0) is 17.7 Å². The molecule has 0 atom stereocenters. The van der Waals surface area contributed by atoms with Crippen molar-refractivity contribution in [1.29, 1.82) is 0 Å². The predicted octanol–water partition coefficient (Wildman–Crippen LogP) is 1.14. The van der Waals surface area contributed by atoms with Crippen molar-refractivity contribution < 1.29 is 17.7 Å². The van der Waals surface area contributed by atoms with Crippen LogP contribution in [0.1, 0.15) is 20.8 Å². The maximum Gasteiger partial charge on any atom is 0.758 e. The lowest BCUT2D eigenvalue weighted by molar-refractivity contribution is 0.00110. The van der Waals surface area contributed by atoms with Gasteiger partial charge in [0.25, 0.3) is 0 Å². The number of terminal acetylenes is 1. The molecule has 4 nitrogen and oxygen atoms in total. The molecule has 0 unspecified atom stereocenters. The van der Waals surface area contributed by atoms with Crippen LogP contribution in [0.25, 0.3) is 0 Å². The Morgan fingerprint density at radius 1 is 1.00 bits per heavy atom. The normalized spacial score (nSPS) is 10.9. The lowest BCUT2D eigenvalue weighted by Crippen LogP contribution is -2.48. The van der Waals surface area contributed by atoms with Crippen LogP contribution in [-0.4, -0.2) is 28.9 Å². The molecule has 0 bridgehead atoms. The third-order valence-corrected chi connectivity index (χ3v) is 3.44. The molecule has 0 saturated heterocycles. The third kappa shape index (κ3) is 4.29. The summed E-state index contributed by atoms with van der Waals surface area (Å²) in [6.45, 7) is 6.86. The van der Waals surface area contributed by atoms with E-state index in [1.807, 2.05) is 26.9 Å². The Kier molecular flexibility index (Phi) is 6.63. The molecule has 0 aromatic heterocycles. The summed E-state index contributed by atoms with van der Waals surface area (Å²) in [6, 6.07) is 0. The first-order valence-corrected chi connectivity index (χ1v) is 5.93. The topological polar surface area (TPSA) is 36.9 Å². The van der Waals surface area contributed by atoms with Crippen LogP contribution in [0.3, 0.4) is 0 Å². The van der Waals surface area contributed by atoms with Crippen LogP contribution in [0.15, 0.2) is 0 Å². The largest absolute Gasteiger partial charge is 0.758 e.